The number of aromatic nitrogens is 4. The summed E-state index contributed by atoms with van der Waals surface area (Å²) in [5, 5.41) is 4.45. The van der Waals surface area contributed by atoms with E-state index in [1.54, 1.807) is 4.52 Å². The van der Waals surface area contributed by atoms with E-state index in [9.17, 15) is 4.79 Å². The number of amides is 1. The molecule has 1 aliphatic carbocycles. The Bertz CT molecular complexity index is 1090. The molecule has 1 aromatic carbocycles. The van der Waals surface area contributed by atoms with Gasteiger partial charge in [0.15, 0.2) is 11.5 Å². The summed E-state index contributed by atoms with van der Waals surface area (Å²) in [6.07, 6.45) is 4.27. The minimum atomic E-state index is -0.155. The number of benzene rings is 1. The molecule has 2 aromatic heterocycles. The van der Waals surface area contributed by atoms with Crippen molar-refractivity contribution in [1.29, 1.82) is 0 Å². The molecular formula is C21H23N5O3. The Labute approximate surface area is 168 Å². The first-order valence-corrected chi connectivity index (χ1v) is 9.99. The van der Waals surface area contributed by atoms with Gasteiger partial charge in [-0.25, -0.2) is 9.50 Å². The standard InChI is InChI=1S/C21H23N5O3/c1-13-9-14(2)26-21(22-13)23-19(24-26)20(27)25(16-5-3-4-6-16)11-15-7-8-17-18(10-15)29-12-28-17/h7-10,16H,3-6,11-12H2,1-2H3. The van der Waals surface area contributed by atoms with Crippen molar-refractivity contribution in [3.63, 3.8) is 0 Å². The zero-order valence-corrected chi connectivity index (χ0v) is 16.6. The first-order valence-electron chi connectivity index (χ1n) is 9.99. The lowest BCUT2D eigenvalue weighted by Gasteiger charge is -2.28. The fourth-order valence-corrected chi connectivity index (χ4v) is 4.20. The van der Waals surface area contributed by atoms with E-state index >= 15 is 0 Å². The summed E-state index contributed by atoms with van der Waals surface area (Å²) < 4.78 is 12.5. The average molecular weight is 393 g/mol. The molecule has 3 heterocycles. The molecule has 8 nitrogen and oxygen atoms in total. The van der Waals surface area contributed by atoms with Crippen LogP contribution in [0.15, 0.2) is 24.3 Å². The summed E-state index contributed by atoms with van der Waals surface area (Å²) >= 11 is 0. The van der Waals surface area contributed by atoms with E-state index in [-0.39, 0.29) is 24.6 Å². The zero-order valence-electron chi connectivity index (χ0n) is 16.6. The predicted octanol–water partition coefficient (Wildman–Crippen LogP) is 3.05. The molecule has 29 heavy (non-hydrogen) atoms. The van der Waals surface area contributed by atoms with Gasteiger partial charge in [0.1, 0.15) is 0 Å². The van der Waals surface area contributed by atoms with Crippen molar-refractivity contribution in [2.24, 2.45) is 0 Å². The van der Waals surface area contributed by atoms with Gasteiger partial charge in [-0.15, -0.1) is 5.10 Å². The summed E-state index contributed by atoms with van der Waals surface area (Å²) in [6.45, 7) is 4.57. The largest absolute Gasteiger partial charge is 0.454 e. The smallest absolute Gasteiger partial charge is 0.294 e. The molecular weight excluding hydrogens is 370 g/mol. The Kier molecular flexibility index (Phi) is 4.34. The molecule has 0 atom stereocenters. The number of nitrogens with zero attached hydrogens (tertiary/aromatic N) is 5. The molecule has 0 spiro atoms. The van der Waals surface area contributed by atoms with Gasteiger partial charge in [0.2, 0.25) is 12.6 Å². The first-order chi connectivity index (χ1) is 14.1. The maximum absolute atomic E-state index is 13.4. The van der Waals surface area contributed by atoms with Crippen LogP contribution in [0.25, 0.3) is 5.78 Å². The molecule has 1 aliphatic heterocycles. The Morgan fingerprint density at radius 1 is 1.14 bits per heavy atom. The number of hydrogen-bond acceptors (Lipinski definition) is 6. The van der Waals surface area contributed by atoms with Crippen LogP contribution in [0.2, 0.25) is 0 Å². The van der Waals surface area contributed by atoms with E-state index in [1.165, 1.54) is 0 Å². The van der Waals surface area contributed by atoms with Gasteiger partial charge in [-0.1, -0.05) is 18.9 Å². The average Bonchev–Trinajstić information content (AvgIpc) is 3.44. The molecule has 1 amide bonds. The van der Waals surface area contributed by atoms with Crippen molar-refractivity contribution in [3.05, 3.63) is 47.0 Å². The number of ether oxygens (including phenoxy) is 2. The molecule has 1 saturated carbocycles. The highest BCUT2D eigenvalue weighted by Gasteiger charge is 2.30. The van der Waals surface area contributed by atoms with Crippen LogP contribution >= 0.6 is 0 Å². The van der Waals surface area contributed by atoms with Crippen LogP contribution in [0.5, 0.6) is 11.5 Å². The van der Waals surface area contributed by atoms with Gasteiger partial charge in [0, 0.05) is 24.0 Å². The maximum Gasteiger partial charge on any atom is 0.294 e. The zero-order chi connectivity index (χ0) is 20.0. The van der Waals surface area contributed by atoms with Crippen LogP contribution in [0.4, 0.5) is 0 Å². The molecule has 0 radical (unpaired) electrons. The molecule has 0 unspecified atom stereocenters. The van der Waals surface area contributed by atoms with Crippen molar-refractivity contribution in [1.82, 2.24) is 24.5 Å². The van der Waals surface area contributed by atoms with Gasteiger partial charge in [-0.2, -0.15) is 4.98 Å². The summed E-state index contributed by atoms with van der Waals surface area (Å²) in [7, 11) is 0. The fourth-order valence-electron chi connectivity index (χ4n) is 4.20. The minimum Gasteiger partial charge on any atom is -0.454 e. The molecule has 2 aliphatic rings. The molecule has 8 heteroatoms. The Hall–Kier alpha value is -3.16. The summed E-state index contributed by atoms with van der Waals surface area (Å²) in [6, 6.07) is 7.94. The summed E-state index contributed by atoms with van der Waals surface area (Å²) in [5.41, 5.74) is 2.76. The number of carbonyl (C=O) groups is 1. The van der Waals surface area contributed by atoms with E-state index in [0.29, 0.717) is 12.3 Å². The van der Waals surface area contributed by atoms with Crippen LogP contribution in [0, 0.1) is 13.8 Å². The number of aryl methyl sites for hydroxylation is 2. The second-order valence-corrected chi connectivity index (χ2v) is 7.75. The van der Waals surface area contributed by atoms with E-state index in [2.05, 4.69) is 15.1 Å². The lowest BCUT2D eigenvalue weighted by molar-refractivity contribution is 0.0652. The Morgan fingerprint density at radius 2 is 1.93 bits per heavy atom. The van der Waals surface area contributed by atoms with E-state index in [0.717, 1.165) is 54.1 Å². The first kappa shape index (κ1) is 17.9. The minimum absolute atomic E-state index is 0.155. The van der Waals surface area contributed by atoms with Crippen molar-refractivity contribution >= 4 is 11.7 Å². The third kappa shape index (κ3) is 3.28. The third-order valence-electron chi connectivity index (χ3n) is 5.63. The van der Waals surface area contributed by atoms with Crippen molar-refractivity contribution in [2.75, 3.05) is 6.79 Å². The molecule has 150 valence electrons. The second-order valence-electron chi connectivity index (χ2n) is 7.75. The second kappa shape index (κ2) is 7.02. The van der Waals surface area contributed by atoms with Gasteiger partial charge >= 0.3 is 0 Å². The summed E-state index contributed by atoms with van der Waals surface area (Å²) in [5.74, 6) is 1.96. The maximum atomic E-state index is 13.4. The van der Waals surface area contributed by atoms with Crippen LogP contribution < -0.4 is 9.47 Å². The number of rotatable bonds is 4. The lowest BCUT2D eigenvalue weighted by atomic mass is 10.1. The van der Waals surface area contributed by atoms with Gasteiger partial charge < -0.3 is 14.4 Å². The highest BCUT2D eigenvalue weighted by molar-refractivity contribution is 5.91. The highest BCUT2D eigenvalue weighted by atomic mass is 16.7. The Morgan fingerprint density at radius 3 is 2.76 bits per heavy atom. The van der Waals surface area contributed by atoms with Crippen molar-refractivity contribution in [3.8, 4) is 11.5 Å². The fraction of sp³-hybridized carbons (Fsp3) is 0.429. The van der Waals surface area contributed by atoms with Crippen LogP contribution in [0.1, 0.15) is 53.3 Å². The van der Waals surface area contributed by atoms with Crippen LogP contribution in [-0.4, -0.2) is 43.2 Å². The van der Waals surface area contributed by atoms with E-state index in [1.807, 2.05) is 43.0 Å². The van der Waals surface area contributed by atoms with E-state index in [4.69, 9.17) is 9.47 Å². The number of fused-ring (bicyclic) bond motifs is 2. The van der Waals surface area contributed by atoms with Gasteiger partial charge in [0.05, 0.1) is 0 Å². The SMILES string of the molecule is Cc1cc(C)n2nc(C(=O)N(Cc3ccc4c(c3)OCO4)C3CCCC3)nc2n1. The number of hydrogen-bond donors (Lipinski definition) is 0. The molecule has 3 aromatic rings. The van der Waals surface area contributed by atoms with Crippen LogP contribution in [-0.2, 0) is 6.54 Å². The topological polar surface area (TPSA) is 81.9 Å². The third-order valence-corrected chi connectivity index (χ3v) is 5.63. The monoisotopic (exact) mass is 393 g/mol. The molecule has 1 fully saturated rings. The van der Waals surface area contributed by atoms with Crippen LogP contribution in [0.3, 0.4) is 0 Å². The summed E-state index contributed by atoms with van der Waals surface area (Å²) in [4.78, 5) is 24.2. The van der Waals surface area contributed by atoms with Gasteiger partial charge in [-0.3, -0.25) is 4.79 Å². The van der Waals surface area contributed by atoms with Gasteiger partial charge in [-0.05, 0) is 50.5 Å². The van der Waals surface area contributed by atoms with Crippen molar-refractivity contribution < 1.29 is 14.3 Å². The lowest BCUT2D eigenvalue weighted by Crippen LogP contribution is -2.39. The normalized spacial score (nSPS) is 15.9. The molecule has 0 bridgehead atoms. The quantitative estimate of drug-likeness (QED) is 0.678. The van der Waals surface area contributed by atoms with Gasteiger partial charge in [0.25, 0.3) is 11.7 Å². The van der Waals surface area contributed by atoms with Crippen molar-refractivity contribution in [2.45, 2.75) is 52.1 Å². The molecule has 0 N–H and O–H groups in total. The molecule has 5 rings (SSSR count). The Balaban J connectivity index is 1.48. The molecule has 0 saturated heterocycles. The van der Waals surface area contributed by atoms with E-state index < -0.39 is 0 Å². The number of carbonyl (C=O) groups excluding carboxylic acids is 1. The highest BCUT2D eigenvalue weighted by Crippen LogP contribution is 2.34. The predicted molar refractivity (Wildman–Crippen MR) is 105 cm³/mol.